The average Bonchev–Trinajstić information content (AvgIpc) is 2.35. The van der Waals surface area contributed by atoms with Crippen LogP contribution in [0.1, 0.15) is 10.4 Å². The first-order chi connectivity index (χ1) is 8.56. The molecule has 1 amide bonds. The van der Waals surface area contributed by atoms with E-state index in [9.17, 15) is 14.4 Å². The Balaban J connectivity index is 2.24. The predicted octanol–water partition coefficient (Wildman–Crippen LogP) is 1.55. The first-order valence-corrected chi connectivity index (χ1v) is 6.07. The van der Waals surface area contributed by atoms with Gasteiger partial charge in [-0.2, -0.15) is 0 Å². The number of fused-ring (bicyclic) bond motifs is 1. The van der Waals surface area contributed by atoms with Crippen molar-refractivity contribution in [3.05, 3.63) is 35.9 Å². The van der Waals surface area contributed by atoms with E-state index in [-0.39, 0.29) is 11.7 Å². The van der Waals surface area contributed by atoms with Crippen LogP contribution < -0.4 is 5.32 Å². The third-order valence-corrected chi connectivity index (χ3v) is 3.33. The molecule has 1 aromatic rings. The van der Waals surface area contributed by atoms with E-state index in [1.165, 1.54) is 11.8 Å². The fourth-order valence-corrected chi connectivity index (χ4v) is 2.31. The summed E-state index contributed by atoms with van der Waals surface area (Å²) in [6.45, 7) is 0. The van der Waals surface area contributed by atoms with Gasteiger partial charge in [0.1, 0.15) is 0 Å². The molecule has 0 spiro atoms. The van der Waals surface area contributed by atoms with Gasteiger partial charge in [-0.05, 0) is 24.3 Å². The SMILES string of the molecule is O=C(O)/C=C/C(=O)c1ccc2c(c1)SCC(=O)N2. The normalized spacial score (nSPS) is 14.1. The molecule has 1 aliphatic rings. The molecule has 0 atom stereocenters. The summed E-state index contributed by atoms with van der Waals surface area (Å²) in [5.41, 5.74) is 1.07. The topological polar surface area (TPSA) is 83.5 Å². The van der Waals surface area contributed by atoms with Crippen LogP contribution in [0.15, 0.2) is 35.2 Å². The standard InChI is InChI=1S/C12H9NO4S/c14-9(3-4-12(16)17)7-1-2-8-10(5-7)18-6-11(15)13-8/h1-5H,6H2,(H,13,15)(H,16,17)/b4-3+. The van der Waals surface area contributed by atoms with Gasteiger partial charge in [0, 0.05) is 16.5 Å². The summed E-state index contributed by atoms with van der Waals surface area (Å²) >= 11 is 1.35. The zero-order valence-electron chi connectivity index (χ0n) is 9.17. The van der Waals surface area contributed by atoms with Crippen LogP contribution in [-0.4, -0.2) is 28.5 Å². The maximum absolute atomic E-state index is 11.7. The van der Waals surface area contributed by atoms with Crippen molar-refractivity contribution in [2.75, 3.05) is 11.1 Å². The summed E-state index contributed by atoms with van der Waals surface area (Å²) in [5, 5.41) is 11.1. The van der Waals surface area contributed by atoms with Gasteiger partial charge in [-0.3, -0.25) is 9.59 Å². The number of hydrogen-bond acceptors (Lipinski definition) is 4. The minimum atomic E-state index is -1.16. The highest BCUT2D eigenvalue weighted by atomic mass is 32.2. The van der Waals surface area contributed by atoms with E-state index >= 15 is 0 Å². The molecule has 1 heterocycles. The van der Waals surface area contributed by atoms with Crippen molar-refractivity contribution in [2.24, 2.45) is 0 Å². The minimum Gasteiger partial charge on any atom is -0.478 e. The maximum atomic E-state index is 11.7. The Bertz CT molecular complexity index is 565. The van der Waals surface area contributed by atoms with E-state index in [1.807, 2.05) is 0 Å². The number of amides is 1. The Morgan fingerprint density at radius 3 is 2.83 bits per heavy atom. The molecule has 0 radical (unpaired) electrons. The molecule has 0 bridgehead atoms. The maximum Gasteiger partial charge on any atom is 0.328 e. The number of benzene rings is 1. The summed E-state index contributed by atoms with van der Waals surface area (Å²) in [6, 6.07) is 4.84. The van der Waals surface area contributed by atoms with Crippen LogP contribution in [0, 0.1) is 0 Å². The number of carboxylic acid groups (broad SMARTS) is 1. The van der Waals surface area contributed by atoms with Gasteiger partial charge in [0.25, 0.3) is 0 Å². The number of carbonyl (C=O) groups excluding carboxylic acids is 2. The van der Waals surface area contributed by atoms with E-state index < -0.39 is 5.97 Å². The second-order valence-corrected chi connectivity index (χ2v) is 4.60. The van der Waals surface area contributed by atoms with Crippen molar-refractivity contribution in [3.8, 4) is 0 Å². The van der Waals surface area contributed by atoms with Crippen molar-refractivity contribution in [2.45, 2.75) is 4.90 Å². The number of thioether (sulfide) groups is 1. The first-order valence-electron chi connectivity index (χ1n) is 5.08. The quantitative estimate of drug-likeness (QED) is 0.638. The highest BCUT2D eigenvalue weighted by molar-refractivity contribution is 8.00. The zero-order chi connectivity index (χ0) is 13.1. The number of hydrogen-bond donors (Lipinski definition) is 2. The lowest BCUT2D eigenvalue weighted by atomic mass is 10.1. The van der Waals surface area contributed by atoms with E-state index in [4.69, 9.17) is 5.11 Å². The summed E-state index contributed by atoms with van der Waals surface area (Å²) < 4.78 is 0. The third-order valence-electron chi connectivity index (χ3n) is 2.28. The molecular formula is C12H9NO4S. The number of anilines is 1. The van der Waals surface area contributed by atoms with E-state index in [1.54, 1.807) is 18.2 Å². The Morgan fingerprint density at radius 1 is 1.33 bits per heavy atom. The van der Waals surface area contributed by atoms with Gasteiger partial charge in [-0.15, -0.1) is 11.8 Å². The van der Waals surface area contributed by atoms with Crippen LogP contribution in [0.25, 0.3) is 0 Å². The van der Waals surface area contributed by atoms with E-state index in [0.717, 1.165) is 17.0 Å². The highest BCUT2D eigenvalue weighted by Gasteiger charge is 2.16. The summed E-state index contributed by atoms with van der Waals surface area (Å²) in [7, 11) is 0. The molecule has 2 N–H and O–H groups in total. The molecule has 0 fully saturated rings. The minimum absolute atomic E-state index is 0.0719. The van der Waals surface area contributed by atoms with Gasteiger partial charge in [-0.25, -0.2) is 4.79 Å². The molecule has 0 unspecified atom stereocenters. The van der Waals surface area contributed by atoms with Crippen LogP contribution in [0.5, 0.6) is 0 Å². The van der Waals surface area contributed by atoms with Gasteiger partial charge in [0.05, 0.1) is 11.4 Å². The van der Waals surface area contributed by atoms with Crippen molar-refractivity contribution in [1.82, 2.24) is 0 Å². The molecule has 1 aliphatic heterocycles. The van der Waals surface area contributed by atoms with Crippen LogP contribution in [-0.2, 0) is 9.59 Å². The highest BCUT2D eigenvalue weighted by Crippen LogP contribution is 2.32. The lowest BCUT2D eigenvalue weighted by Crippen LogP contribution is -2.18. The molecule has 0 aliphatic carbocycles. The molecule has 5 nitrogen and oxygen atoms in total. The summed E-state index contributed by atoms with van der Waals surface area (Å²) in [6.07, 6.45) is 1.81. The fraction of sp³-hybridized carbons (Fsp3) is 0.0833. The van der Waals surface area contributed by atoms with E-state index in [2.05, 4.69) is 5.32 Å². The van der Waals surface area contributed by atoms with Crippen molar-refractivity contribution < 1.29 is 19.5 Å². The molecule has 1 aromatic carbocycles. The van der Waals surface area contributed by atoms with Crippen LogP contribution in [0.2, 0.25) is 0 Å². The van der Waals surface area contributed by atoms with Gasteiger partial charge in [0.2, 0.25) is 5.91 Å². The Morgan fingerprint density at radius 2 is 2.11 bits per heavy atom. The summed E-state index contributed by atoms with van der Waals surface area (Å²) in [4.78, 5) is 33.9. The number of rotatable bonds is 3. The lowest BCUT2D eigenvalue weighted by Gasteiger charge is -2.16. The molecular weight excluding hydrogens is 254 g/mol. The second-order valence-electron chi connectivity index (χ2n) is 3.58. The van der Waals surface area contributed by atoms with Gasteiger partial charge in [-0.1, -0.05) is 0 Å². The second kappa shape index (κ2) is 5.05. The van der Waals surface area contributed by atoms with Gasteiger partial charge in [0.15, 0.2) is 5.78 Å². The molecule has 0 saturated heterocycles. The van der Waals surface area contributed by atoms with Crippen LogP contribution >= 0.6 is 11.8 Å². The monoisotopic (exact) mass is 263 g/mol. The van der Waals surface area contributed by atoms with Crippen LogP contribution in [0.4, 0.5) is 5.69 Å². The van der Waals surface area contributed by atoms with Crippen molar-refractivity contribution in [3.63, 3.8) is 0 Å². The Labute approximate surface area is 107 Å². The number of carbonyl (C=O) groups is 3. The first kappa shape index (κ1) is 12.4. The summed E-state index contributed by atoms with van der Waals surface area (Å²) in [5.74, 6) is -1.30. The fourth-order valence-electron chi connectivity index (χ4n) is 1.47. The molecule has 18 heavy (non-hydrogen) atoms. The molecule has 6 heteroatoms. The van der Waals surface area contributed by atoms with Crippen LogP contribution in [0.3, 0.4) is 0 Å². The van der Waals surface area contributed by atoms with Crippen molar-refractivity contribution >= 4 is 35.1 Å². The number of aliphatic carboxylic acids is 1. The number of nitrogens with one attached hydrogen (secondary N) is 1. The lowest BCUT2D eigenvalue weighted by molar-refractivity contribution is -0.131. The molecule has 92 valence electrons. The third kappa shape index (κ3) is 2.78. The smallest absolute Gasteiger partial charge is 0.328 e. The molecule has 0 saturated carbocycles. The number of ketones is 1. The molecule has 0 aromatic heterocycles. The van der Waals surface area contributed by atoms with Crippen molar-refractivity contribution in [1.29, 1.82) is 0 Å². The average molecular weight is 263 g/mol. The largest absolute Gasteiger partial charge is 0.478 e. The van der Waals surface area contributed by atoms with E-state index in [0.29, 0.717) is 17.0 Å². The molecule has 2 rings (SSSR count). The number of allylic oxidation sites excluding steroid dienone is 1. The predicted molar refractivity (Wildman–Crippen MR) is 66.9 cm³/mol. The van der Waals surface area contributed by atoms with Gasteiger partial charge < -0.3 is 10.4 Å². The Kier molecular flexibility index (Phi) is 3.47. The van der Waals surface area contributed by atoms with Gasteiger partial charge >= 0.3 is 5.97 Å². The zero-order valence-corrected chi connectivity index (χ0v) is 9.99. The Hall–Kier alpha value is -2.08. The number of carboxylic acids is 1.